The standard InChI is InChI=1S/C29H36B2N6O2/c1-28(2,38)9-6-20-12-21(18-35(3)4)14-24(13-20)29(30,31)39-26-15-22(16-33-27(26)32)23-17-34-37(19-23)25-7-10-36(5)11-8-25/h12-17,19,25,38H,7-8,10-11,18H2,1-5H3,(H2,32,33). The Morgan fingerprint density at radius 3 is 2.51 bits per heavy atom. The second kappa shape index (κ2) is 11.5. The number of nitrogen functional groups attached to an aromatic ring is 1. The fourth-order valence-corrected chi connectivity index (χ4v) is 4.55. The van der Waals surface area contributed by atoms with Gasteiger partial charge in [-0.25, -0.2) is 4.98 Å². The van der Waals surface area contributed by atoms with Gasteiger partial charge in [0, 0.05) is 35.6 Å². The molecule has 39 heavy (non-hydrogen) atoms. The van der Waals surface area contributed by atoms with E-state index in [9.17, 15) is 5.11 Å². The van der Waals surface area contributed by atoms with Gasteiger partial charge < -0.3 is 25.4 Å². The SMILES string of the molecule is [B]C([B])(Oc1cc(-c2cnn(C3CCN(C)CC3)c2)cnc1N)c1cc(C#CC(C)(C)O)cc(CN(C)C)c1. The van der Waals surface area contributed by atoms with Gasteiger partial charge in [-0.3, -0.25) is 4.68 Å². The third kappa shape index (κ3) is 7.66. The number of hydrogen-bond acceptors (Lipinski definition) is 7. The van der Waals surface area contributed by atoms with Gasteiger partial charge in [0.1, 0.15) is 21.3 Å². The van der Waals surface area contributed by atoms with Crippen molar-refractivity contribution in [2.45, 2.75) is 50.3 Å². The molecule has 3 aromatic rings. The van der Waals surface area contributed by atoms with E-state index in [1.807, 2.05) is 48.2 Å². The molecule has 1 aromatic carbocycles. The average molecular weight is 522 g/mol. The minimum absolute atomic E-state index is 0.174. The second-order valence-electron chi connectivity index (χ2n) is 11.2. The van der Waals surface area contributed by atoms with E-state index in [-0.39, 0.29) is 11.6 Å². The van der Waals surface area contributed by atoms with Crippen LogP contribution in [0.3, 0.4) is 0 Å². The minimum Gasteiger partial charge on any atom is -0.499 e. The van der Waals surface area contributed by atoms with E-state index in [2.05, 4.69) is 33.9 Å². The fourth-order valence-electron chi connectivity index (χ4n) is 4.55. The lowest BCUT2D eigenvalue weighted by molar-refractivity contribution is 0.143. The van der Waals surface area contributed by atoms with Crippen LogP contribution in [0, 0.1) is 11.8 Å². The maximum atomic E-state index is 10.1. The number of benzene rings is 1. The third-order valence-electron chi connectivity index (χ3n) is 6.61. The number of ether oxygens (including phenoxy) is 1. The van der Waals surface area contributed by atoms with Gasteiger partial charge in [0.15, 0.2) is 11.6 Å². The molecule has 1 aliphatic heterocycles. The molecule has 1 aliphatic rings. The highest BCUT2D eigenvalue weighted by Gasteiger charge is 2.25. The lowest BCUT2D eigenvalue weighted by Gasteiger charge is -2.30. The topological polar surface area (TPSA) is 92.7 Å². The molecule has 1 saturated heterocycles. The van der Waals surface area contributed by atoms with Gasteiger partial charge in [-0.2, -0.15) is 5.10 Å². The summed E-state index contributed by atoms with van der Waals surface area (Å²) in [6, 6.07) is 7.74. The number of piperidine rings is 1. The van der Waals surface area contributed by atoms with Gasteiger partial charge in [-0.15, -0.1) is 0 Å². The van der Waals surface area contributed by atoms with E-state index in [1.54, 1.807) is 32.2 Å². The molecule has 0 atom stereocenters. The molecule has 0 amide bonds. The number of nitrogens with two attached hydrogens (primary N) is 1. The number of aromatic nitrogens is 3. The van der Waals surface area contributed by atoms with Crippen molar-refractivity contribution in [3.63, 3.8) is 0 Å². The molecule has 3 heterocycles. The van der Waals surface area contributed by atoms with E-state index in [0.29, 0.717) is 23.7 Å². The molecule has 4 radical (unpaired) electrons. The quantitative estimate of drug-likeness (QED) is 0.364. The first kappa shape index (κ1) is 28.8. The molecule has 2 aromatic heterocycles. The zero-order chi connectivity index (χ0) is 28.4. The van der Waals surface area contributed by atoms with Gasteiger partial charge in [0.05, 0.1) is 17.6 Å². The van der Waals surface area contributed by atoms with Crippen molar-refractivity contribution in [3.8, 4) is 28.7 Å². The Morgan fingerprint density at radius 1 is 1.13 bits per heavy atom. The van der Waals surface area contributed by atoms with Gasteiger partial charge in [-0.05, 0) is 90.2 Å². The third-order valence-corrected chi connectivity index (χ3v) is 6.61. The van der Waals surface area contributed by atoms with Crippen LogP contribution in [-0.2, 0) is 11.9 Å². The summed E-state index contributed by atoms with van der Waals surface area (Å²) in [6.07, 6.45) is 7.66. The summed E-state index contributed by atoms with van der Waals surface area (Å²) in [5.74, 6) is 6.30. The van der Waals surface area contributed by atoms with Crippen molar-refractivity contribution in [1.82, 2.24) is 24.6 Å². The molecule has 0 bridgehead atoms. The van der Waals surface area contributed by atoms with Crippen LogP contribution in [0.1, 0.15) is 49.4 Å². The van der Waals surface area contributed by atoms with Crippen LogP contribution in [0.15, 0.2) is 42.9 Å². The van der Waals surface area contributed by atoms with Crippen LogP contribution in [-0.4, -0.2) is 85.2 Å². The number of nitrogens with zero attached hydrogens (tertiary/aromatic N) is 5. The molecule has 200 valence electrons. The summed E-state index contributed by atoms with van der Waals surface area (Å²) in [5, 5.41) is 13.0. The smallest absolute Gasteiger partial charge is 0.166 e. The van der Waals surface area contributed by atoms with Crippen molar-refractivity contribution in [3.05, 3.63) is 59.5 Å². The number of rotatable bonds is 7. The predicted molar refractivity (Wildman–Crippen MR) is 156 cm³/mol. The number of pyridine rings is 1. The summed E-state index contributed by atoms with van der Waals surface area (Å²) in [5.41, 5.74) is 8.87. The van der Waals surface area contributed by atoms with Crippen molar-refractivity contribution in [2.24, 2.45) is 0 Å². The number of likely N-dealkylation sites (tertiary alicyclic amines) is 1. The molecule has 10 heteroatoms. The van der Waals surface area contributed by atoms with E-state index >= 15 is 0 Å². The van der Waals surface area contributed by atoms with Gasteiger partial charge >= 0.3 is 0 Å². The Morgan fingerprint density at radius 2 is 1.85 bits per heavy atom. The van der Waals surface area contributed by atoms with Gasteiger partial charge in [0.2, 0.25) is 0 Å². The summed E-state index contributed by atoms with van der Waals surface area (Å²) < 4.78 is 8.13. The van der Waals surface area contributed by atoms with Crippen molar-refractivity contribution < 1.29 is 9.84 Å². The monoisotopic (exact) mass is 522 g/mol. The second-order valence-corrected chi connectivity index (χ2v) is 11.2. The summed E-state index contributed by atoms with van der Waals surface area (Å²) in [4.78, 5) is 8.70. The zero-order valence-corrected chi connectivity index (χ0v) is 23.5. The summed E-state index contributed by atoms with van der Waals surface area (Å²) >= 11 is 0. The van der Waals surface area contributed by atoms with Crippen LogP contribution in [0.2, 0.25) is 0 Å². The van der Waals surface area contributed by atoms with E-state index < -0.39 is 11.0 Å². The molecule has 1 fully saturated rings. The first-order valence-electron chi connectivity index (χ1n) is 13.1. The van der Waals surface area contributed by atoms with Crippen LogP contribution in [0.25, 0.3) is 11.1 Å². The number of hydrogen-bond donors (Lipinski definition) is 2. The van der Waals surface area contributed by atoms with Crippen molar-refractivity contribution in [2.75, 3.05) is 40.0 Å². The number of aliphatic hydroxyl groups is 1. The molecule has 8 nitrogen and oxygen atoms in total. The van der Waals surface area contributed by atoms with Crippen LogP contribution >= 0.6 is 0 Å². The van der Waals surface area contributed by atoms with Crippen LogP contribution < -0.4 is 10.5 Å². The Labute approximate surface area is 234 Å². The zero-order valence-electron chi connectivity index (χ0n) is 23.5. The Balaban J connectivity index is 1.61. The Bertz CT molecular complexity index is 1360. The lowest BCUT2D eigenvalue weighted by Crippen LogP contribution is -2.35. The normalized spacial score (nSPS) is 15.3. The maximum absolute atomic E-state index is 10.1. The molecular formula is C29H36B2N6O2. The molecule has 0 spiro atoms. The molecule has 0 saturated carbocycles. The van der Waals surface area contributed by atoms with Gasteiger partial charge in [-0.1, -0.05) is 17.9 Å². The average Bonchev–Trinajstić information content (AvgIpc) is 3.34. The predicted octanol–water partition coefficient (Wildman–Crippen LogP) is 2.50. The number of anilines is 1. The molecular weight excluding hydrogens is 486 g/mol. The Kier molecular flexibility index (Phi) is 8.45. The van der Waals surface area contributed by atoms with Crippen molar-refractivity contribution in [1.29, 1.82) is 0 Å². The van der Waals surface area contributed by atoms with Crippen LogP contribution in [0.4, 0.5) is 5.82 Å². The fraction of sp³-hybridized carbons (Fsp3) is 0.448. The molecule has 4 rings (SSSR count). The Hall–Kier alpha value is -3.25. The molecule has 3 N–H and O–H groups in total. The minimum atomic E-state index is -1.72. The summed E-state index contributed by atoms with van der Waals surface area (Å²) in [7, 11) is 19.1. The highest BCUT2D eigenvalue weighted by Crippen LogP contribution is 2.33. The summed E-state index contributed by atoms with van der Waals surface area (Å²) in [6.45, 7) is 6.00. The highest BCUT2D eigenvalue weighted by atomic mass is 16.5. The molecule has 0 aliphatic carbocycles. The highest BCUT2D eigenvalue weighted by molar-refractivity contribution is 6.39. The van der Waals surface area contributed by atoms with E-state index in [4.69, 9.17) is 26.2 Å². The van der Waals surface area contributed by atoms with E-state index in [1.165, 1.54) is 0 Å². The van der Waals surface area contributed by atoms with Crippen molar-refractivity contribution >= 4 is 21.5 Å². The first-order valence-corrected chi connectivity index (χ1v) is 13.1. The molecule has 0 unspecified atom stereocenters. The first-order chi connectivity index (χ1) is 18.3. The maximum Gasteiger partial charge on any atom is 0.166 e. The van der Waals surface area contributed by atoms with Gasteiger partial charge in [0.25, 0.3) is 0 Å². The van der Waals surface area contributed by atoms with E-state index in [0.717, 1.165) is 42.6 Å². The van der Waals surface area contributed by atoms with Crippen LogP contribution in [0.5, 0.6) is 5.75 Å². The largest absolute Gasteiger partial charge is 0.499 e. The lowest BCUT2D eigenvalue weighted by atomic mass is 9.60.